The van der Waals surface area contributed by atoms with Gasteiger partial charge in [-0.3, -0.25) is 0 Å². The van der Waals surface area contributed by atoms with E-state index in [1.54, 1.807) is 11.3 Å². The lowest BCUT2D eigenvalue weighted by Gasteiger charge is -2.09. The number of hydrogen-bond acceptors (Lipinski definition) is 7. The summed E-state index contributed by atoms with van der Waals surface area (Å²) in [6.07, 6.45) is 1.02. The zero-order chi connectivity index (χ0) is 14.7. The van der Waals surface area contributed by atoms with Crippen LogP contribution in [-0.2, 0) is 0 Å². The van der Waals surface area contributed by atoms with Crippen LogP contribution in [0.25, 0.3) is 10.2 Å². The molecule has 3 rings (SSSR count). The summed E-state index contributed by atoms with van der Waals surface area (Å²) >= 11 is 1.61. The van der Waals surface area contributed by atoms with Crippen molar-refractivity contribution in [3.8, 4) is 0 Å². The molecule has 21 heavy (non-hydrogen) atoms. The van der Waals surface area contributed by atoms with E-state index in [4.69, 9.17) is 5.73 Å². The highest BCUT2D eigenvalue weighted by Gasteiger charge is 2.04. The fourth-order valence-electron chi connectivity index (χ4n) is 1.95. The molecule has 1 aromatic carbocycles. The van der Waals surface area contributed by atoms with Crippen LogP contribution in [0, 0.1) is 0 Å². The van der Waals surface area contributed by atoms with Crippen molar-refractivity contribution in [1.82, 2.24) is 15.0 Å². The summed E-state index contributed by atoms with van der Waals surface area (Å²) in [6, 6.07) is 7.85. The summed E-state index contributed by atoms with van der Waals surface area (Å²) < 4.78 is 1.13. The van der Waals surface area contributed by atoms with Crippen LogP contribution in [0.3, 0.4) is 0 Å². The van der Waals surface area contributed by atoms with Gasteiger partial charge in [-0.2, -0.15) is 9.97 Å². The first-order valence-electron chi connectivity index (χ1n) is 6.73. The average molecular weight is 300 g/mol. The molecule has 0 aliphatic heterocycles. The Bertz CT molecular complexity index is 754. The molecule has 0 fully saturated rings. The van der Waals surface area contributed by atoms with E-state index in [-0.39, 0.29) is 5.95 Å². The predicted molar refractivity (Wildman–Crippen MR) is 88.1 cm³/mol. The van der Waals surface area contributed by atoms with E-state index in [9.17, 15) is 0 Å². The summed E-state index contributed by atoms with van der Waals surface area (Å²) in [5.74, 6) is 1.65. The van der Waals surface area contributed by atoms with Gasteiger partial charge in [-0.25, -0.2) is 4.98 Å². The third kappa shape index (κ3) is 3.19. The molecular formula is C14H16N6S. The zero-order valence-corrected chi connectivity index (χ0v) is 12.4. The van der Waals surface area contributed by atoms with Crippen LogP contribution in [-0.4, -0.2) is 21.5 Å². The molecule has 0 atom stereocenters. The molecule has 6 nitrogen and oxygen atoms in total. The van der Waals surface area contributed by atoms with Gasteiger partial charge in [0.2, 0.25) is 5.95 Å². The molecule has 108 valence electrons. The van der Waals surface area contributed by atoms with E-state index in [0.717, 1.165) is 34.7 Å². The van der Waals surface area contributed by atoms with Gasteiger partial charge in [0.15, 0.2) is 0 Å². The fourth-order valence-corrected chi connectivity index (χ4v) is 2.67. The van der Waals surface area contributed by atoms with Crippen molar-refractivity contribution >= 4 is 44.8 Å². The largest absolute Gasteiger partial charge is 0.370 e. The summed E-state index contributed by atoms with van der Waals surface area (Å²) in [5.41, 5.74) is 9.53. The van der Waals surface area contributed by atoms with Crippen LogP contribution in [0.15, 0.2) is 29.8 Å². The number of rotatable bonds is 5. The summed E-state index contributed by atoms with van der Waals surface area (Å²) in [5, 5.41) is 6.46. The van der Waals surface area contributed by atoms with E-state index in [1.165, 1.54) is 0 Å². The molecule has 3 aromatic rings. The number of fused-ring (bicyclic) bond motifs is 1. The first kappa shape index (κ1) is 13.6. The molecule has 0 saturated heterocycles. The number of anilines is 4. The van der Waals surface area contributed by atoms with E-state index < -0.39 is 0 Å². The minimum absolute atomic E-state index is 0.248. The van der Waals surface area contributed by atoms with Crippen LogP contribution < -0.4 is 16.4 Å². The second kappa shape index (κ2) is 5.92. The number of nitrogen functional groups attached to an aromatic ring is 1. The van der Waals surface area contributed by atoms with Gasteiger partial charge >= 0.3 is 0 Å². The molecule has 2 aromatic heterocycles. The summed E-state index contributed by atoms with van der Waals surface area (Å²) in [6.45, 7) is 2.95. The molecule has 0 bridgehead atoms. The van der Waals surface area contributed by atoms with Crippen molar-refractivity contribution in [2.24, 2.45) is 0 Å². The second-order valence-corrected chi connectivity index (χ2v) is 5.47. The maximum atomic E-state index is 5.75. The highest BCUT2D eigenvalue weighted by atomic mass is 32.1. The number of aromatic nitrogens is 3. The molecule has 0 amide bonds. The highest BCUT2D eigenvalue weighted by Crippen LogP contribution is 2.24. The number of nitrogens with one attached hydrogen (secondary N) is 2. The molecular weight excluding hydrogens is 284 g/mol. The first-order chi connectivity index (χ1) is 10.2. The fraction of sp³-hybridized carbons (Fsp3) is 0.214. The molecule has 0 aliphatic rings. The van der Waals surface area contributed by atoms with Crippen molar-refractivity contribution in [1.29, 1.82) is 0 Å². The van der Waals surface area contributed by atoms with E-state index >= 15 is 0 Å². The molecule has 0 saturated carbocycles. The topological polar surface area (TPSA) is 88.8 Å². The van der Waals surface area contributed by atoms with Crippen LogP contribution in [0.2, 0.25) is 0 Å². The van der Waals surface area contributed by atoms with Gasteiger partial charge in [-0.1, -0.05) is 6.92 Å². The third-order valence-electron chi connectivity index (χ3n) is 2.90. The lowest BCUT2D eigenvalue weighted by molar-refractivity contribution is 0.967. The summed E-state index contributed by atoms with van der Waals surface area (Å²) in [4.78, 5) is 12.6. The van der Waals surface area contributed by atoms with Crippen molar-refractivity contribution < 1.29 is 0 Å². The highest BCUT2D eigenvalue weighted by molar-refractivity contribution is 7.16. The minimum Gasteiger partial charge on any atom is -0.370 e. The Morgan fingerprint density at radius 2 is 2.05 bits per heavy atom. The monoisotopic (exact) mass is 300 g/mol. The lowest BCUT2D eigenvalue weighted by atomic mass is 10.3. The smallest absolute Gasteiger partial charge is 0.223 e. The Morgan fingerprint density at radius 1 is 1.19 bits per heavy atom. The Morgan fingerprint density at radius 3 is 2.90 bits per heavy atom. The molecule has 7 heteroatoms. The molecule has 0 spiro atoms. The average Bonchev–Trinajstić information content (AvgIpc) is 2.92. The minimum atomic E-state index is 0.248. The normalized spacial score (nSPS) is 10.7. The Hall–Kier alpha value is -2.41. The van der Waals surface area contributed by atoms with Crippen LogP contribution >= 0.6 is 11.3 Å². The van der Waals surface area contributed by atoms with Gasteiger partial charge in [0.1, 0.15) is 11.6 Å². The quantitative estimate of drug-likeness (QED) is 0.670. The van der Waals surface area contributed by atoms with E-state index in [0.29, 0.717) is 5.82 Å². The van der Waals surface area contributed by atoms with E-state index in [2.05, 4.69) is 32.5 Å². The van der Waals surface area contributed by atoms with Crippen LogP contribution in [0.4, 0.5) is 23.3 Å². The van der Waals surface area contributed by atoms with E-state index in [1.807, 2.05) is 29.8 Å². The van der Waals surface area contributed by atoms with Gasteiger partial charge in [-0.15, -0.1) is 11.3 Å². The third-order valence-corrected chi connectivity index (χ3v) is 3.69. The number of nitrogens with zero attached hydrogens (tertiary/aromatic N) is 3. The number of thiazole rings is 1. The number of hydrogen-bond donors (Lipinski definition) is 3. The summed E-state index contributed by atoms with van der Waals surface area (Å²) in [7, 11) is 0. The molecule has 2 heterocycles. The molecule has 4 N–H and O–H groups in total. The number of nitrogens with two attached hydrogens (primary N) is 1. The van der Waals surface area contributed by atoms with Crippen LogP contribution in [0.5, 0.6) is 0 Å². The predicted octanol–water partition coefficient (Wildman–Crippen LogP) is 3.23. The van der Waals surface area contributed by atoms with Crippen molar-refractivity contribution in [2.45, 2.75) is 13.3 Å². The Balaban J connectivity index is 1.84. The van der Waals surface area contributed by atoms with Gasteiger partial charge in [0.25, 0.3) is 0 Å². The maximum Gasteiger partial charge on any atom is 0.223 e. The molecule has 0 unspecified atom stereocenters. The lowest BCUT2D eigenvalue weighted by Crippen LogP contribution is -2.06. The van der Waals surface area contributed by atoms with Crippen LogP contribution in [0.1, 0.15) is 13.3 Å². The Labute approximate surface area is 126 Å². The van der Waals surface area contributed by atoms with Crippen molar-refractivity contribution in [3.05, 3.63) is 29.8 Å². The number of benzene rings is 1. The zero-order valence-electron chi connectivity index (χ0n) is 11.6. The van der Waals surface area contributed by atoms with Crippen molar-refractivity contribution in [2.75, 3.05) is 22.9 Å². The second-order valence-electron chi connectivity index (χ2n) is 4.58. The first-order valence-corrected chi connectivity index (χ1v) is 7.61. The molecule has 0 aliphatic carbocycles. The van der Waals surface area contributed by atoms with Gasteiger partial charge < -0.3 is 16.4 Å². The maximum absolute atomic E-state index is 5.75. The van der Waals surface area contributed by atoms with Gasteiger partial charge in [0, 0.05) is 18.3 Å². The van der Waals surface area contributed by atoms with Gasteiger partial charge in [0.05, 0.1) is 15.7 Å². The standard InChI is InChI=1S/C14H16N6S/c1-2-5-16-12-7-13(20-14(15)19-12)18-9-3-4-10-11(6-9)21-8-17-10/h3-4,6-8H,2,5H2,1H3,(H4,15,16,18,19,20). The Kier molecular flexibility index (Phi) is 3.83. The van der Waals surface area contributed by atoms with Crippen molar-refractivity contribution in [3.63, 3.8) is 0 Å². The van der Waals surface area contributed by atoms with Gasteiger partial charge in [-0.05, 0) is 24.6 Å². The molecule has 0 radical (unpaired) electrons. The SMILES string of the molecule is CCCNc1cc(Nc2ccc3ncsc3c2)nc(N)n1.